The number of methoxy groups -OCH3 is 2. The van der Waals surface area contributed by atoms with Crippen molar-refractivity contribution < 1.29 is 14.3 Å². The summed E-state index contributed by atoms with van der Waals surface area (Å²) < 4.78 is 10.4. The SMILES string of the molecule is COc1ccc(C(=O)CC2(N)CCCCC2)c(OC)c1. The number of hydrogen-bond donors (Lipinski definition) is 1. The Labute approximate surface area is 120 Å². The molecule has 1 aliphatic carbocycles. The molecule has 0 heterocycles. The number of carbonyl (C=O) groups is 1. The highest BCUT2D eigenvalue weighted by Gasteiger charge is 2.31. The molecule has 20 heavy (non-hydrogen) atoms. The second kappa shape index (κ2) is 6.27. The van der Waals surface area contributed by atoms with E-state index in [-0.39, 0.29) is 11.3 Å². The highest BCUT2D eigenvalue weighted by molar-refractivity contribution is 5.99. The molecule has 4 nitrogen and oxygen atoms in total. The predicted molar refractivity (Wildman–Crippen MR) is 78.5 cm³/mol. The first-order valence-corrected chi connectivity index (χ1v) is 7.12. The van der Waals surface area contributed by atoms with Crippen LogP contribution < -0.4 is 15.2 Å². The monoisotopic (exact) mass is 277 g/mol. The minimum absolute atomic E-state index is 0.0499. The van der Waals surface area contributed by atoms with Gasteiger partial charge in [-0.15, -0.1) is 0 Å². The number of carbonyl (C=O) groups excluding carboxylic acids is 1. The van der Waals surface area contributed by atoms with E-state index in [9.17, 15) is 4.79 Å². The minimum atomic E-state index is -0.347. The summed E-state index contributed by atoms with van der Waals surface area (Å²) >= 11 is 0. The Hall–Kier alpha value is -1.55. The van der Waals surface area contributed by atoms with E-state index in [0.717, 1.165) is 25.7 Å². The molecule has 0 amide bonds. The second-order valence-electron chi connectivity index (χ2n) is 5.59. The normalized spacial score (nSPS) is 17.6. The molecule has 0 atom stereocenters. The van der Waals surface area contributed by atoms with Crippen molar-refractivity contribution in [3.8, 4) is 11.5 Å². The van der Waals surface area contributed by atoms with Gasteiger partial charge in [0, 0.05) is 18.0 Å². The zero-order valence-electron chi connectivity index (χ0n) is 12.3. The molecule has 0 unspecified atom stereocenters. The third-order valence-electron chi connectivity index (χ3n) is 4.07. The van der Waals surface area contributed by atoms with Crippen LogP contribution in [0.2, 0.25) is 0 Å². The van der Waals surface area contributed by atoms with E-state index in [2.05, 4.69) is 0 Å². The zero-order chi connectivity index (χ0) is 14.6. The van der Waals surface area contributed by atoms with Gasteiger partial charge in [0.2, 0.25) is 0 Å². The maximum atomic E-state index is 12.5. The van der Waals surface area contributed by atoms with E-state index in [4.69, 9.17) is 15.2 Å². The van der Waals surface area contributed by atoms with Crippen LogP contribution in [0.25, 0.3) is 0 Å². The van der Waals surface area contributed by atoms with Gasteiger partial charge in [0.05, 0.1) is 19.8 Å². The summed E-state index contributed by atoms with van der Waals surface area (Å²) in [6, 6.07) is 5.27. The number of nitrogens with two attached hydrogens (primary N) is 1. The molecule has 0 spiro atoms. The summed E-state index contributed by atoms with van der Waals surface area (Å²) in [6.07, 6.45) is 5.69. The molecule has 4 heteroatoms. The summed E-state index contributed by atoms with van der Waals surface area (Å²) in [5.74, 6) is 1.28. The topological polar surface area (TPSA) is 61.5 Å². The van der Waals surface area contributed by atoms with E-state index in [1.807, 2.05) is 0 Å². The Balaban J connectivity index is 2.16. The molecular formula is C16H23NO3. The summed E-state index contributed by atoms with van der Waals surface area (Å²) in [5, 5.41) is 0. The van der Waals surface area contributed by atoms with Crippen molar-refractivity contribution >= 4 is 5.78 Å². The van der Waals surface area contributed by atoms with E-state index in [0.29, 0.717) is 23.5 Å². The molecule has 0 radical (unpaired) electrons. The van der Waals surface area contributed by atoms with Crippen LogP contribution in [-0.2, 0) is 0 Å². The van der Waals surface area contributed by atoms with Gasteiger partial charge in [0.25, 0.3) is 0 Å². The van der Waals surface area contributed by atoms with Crippen LogP contribution in [0.4, 0.5) is 0 Å². The van der Waals surface area contributed by atoms with Gasteiger partial charge in [0.1, 0.15) is 11.5 Å². The fourth-order valence-corrected chi connectivity index (χ4v) is 2.88. The van der Waals surface area contributed by atoms with Crippen molar-refractivity contribution in [3.05, 3.63) is 23.8 Å². The smallest absolute Gasteiger partial charge is 0.168 e. The lowest BCUT2D eigenvalue weighted by atomic mass is 9.78. The van der Waals surface area contributed by atoms with Crippen LogP contribution in [0, 0.1) is 0 Å². The fraction of sp³-hybridized carbons (Fsp3) is 0.562. The van der Waals surface area contributed by atoms with Crippen LogP contribution in [-0.4, -0.2) is 25.5 Å². The first-order valence-electron chi connectivity index (χ1n) is 7.12. The standard InChI is InChI=1S/C16H23NO3/c1-19-12-6-7-13(15(10-12)20-2)14(18)11-16(17)8-4-3-5-9-16/h6-7,10H,3-5,8-9,11,17H2,1-2H3. The Morgan fingerprint density at radius 2 is 1.90 bits per heavy atom. The van der Waals surface area contributed by atoms with Gasteiger partial charge < -0.3 is 15.2 Å². The van der Waals surface area contributed by atoms with Crippen LogP contribution >= 0.6 is 0 Å². The maximum absolute atomic E-state index is 12.5. The highest BCUT2D eigenvalue weighted by Crippen LogP contribution is 2.32. The van der Waals surface area contributed by atoms with Crippen molar-refractivity contribution in [2.24, 2.45) is 5.73 Å². The minimum Gasteiger partial charge on any atom is -0.497 e. The number of rotatable bonds is 5. The molecule has 1 aromatic carbocycles. The van der Waals surface area contributed by atoms with E-state index < -0.39 is 0 Å². The van der Waals surface area contributed by atoms with Crippen LogP contribution in [0.3, 0.4) is 0 Å². The number of hydrogen-bond acceptors (Lipinski definition) is 4. The van der Waals surface area contributed by atoms with Crippen molar-refractivity contribution in [1.29, 1.82) is 0 Å². The average molecular weight is 277 g/mol. The molecule has 1 fully saturated rings. The quantitative estimate of drug-likeness (QED) is 0.841. The van der Waals surface area contributed by atoms with Gasteiger partial charge in [-0.3, -0.25) is 4.79 Å². The van der Waals surface area contributed by atoms with Crippen LogP contribution in [0.1, 0.15) is 48.9 Å². The molecule has 0 saturated heterocycles. The van der Waals surface area contributed by atoms with Gasteiger partial charge >= 0.3 is 0 Å². The van der Waals surface area contributed by atoms with Crippen molar-refractivity contribution in [2.45, 2.75) is 44.1 Å². The molecule has 0 bridgehead atoms. The molecule has 0 aromatic heterocycles. The largest absolute Gasteiger partial charge is 0.497 e. The van der Waals surface area contributed by atoms with Gasteiger partial charge in [-0.1, -0.05) is 19.3 Å². The van der Waals surface area contributed by atoms with Gasteiger partial charge in [-0.05, 0) is 25.0 Å². The third kappa shape index (κ3) is 3.31. The molecule has 1 aliphatic rings. The summed E-state index contributed by atoms with van der Waals surface area (Å²) in [5.41, 5.74) is 6.60. The van der Waals surface area contributed by atoms with Crippen molar-refractivity contribution in [1.82, 2.24) is 0 Å². The van der Waals surface area contributed by atoms with E-state index in [1.54, 1.807) is 32.4 Å². The lowest BCUT2D eigenvalue weighted by molar-refractivity contribution is 0.0931. The zero-order valence-corrected chi connectivity index (χ0v) is 12.3. The first-order chi connectivity index (χ1) is 9.58. The third-order valence-corrected chi connectivity index (χ3v) is 4.07. The maximum Gasteiger partial charge on any atom is 0.168 e. The lowest BCUT2D eigenvalue weighted by Gasteiger charge is -2.32. The van der Waals surface area contributed by atoms with E-state index >= 15 is 0 Å². The first kappa shape index (κ1) is 14.9. The van der Waals surface area contributed by atoms with Gasteiger partial charge in [0.15, 0.2) is 5.78 Å². The molecule has 110 valence electrons. The molecule has 2 rings (SSSR count). The predicted octanol–water partition coefficient (Wildman–Crippen LogP) is 2.94. The molecular weight excluding hydrogens is 254 g/mol. The number of benzene rings is 1. The molecule has 1 saturated carbocycles. The molecule has 1 aromatic rings. The number of ketones is 1. The van der Waals surface area contributed by atoms with Crippen molar-refractivity contribution in [2.75, 3.05) is 14.2 Å². The number of Topliss-reactive ketones (excluding diaryl/α,β-unsaturated/α-hetero) is 1. The second-order valence-corrected chi connectivity index (χ2v) is 5.59. The molecule has 0 aliphatic heterocycles. The lowest BCUT2D eigenvalue weighted by Crippen LogP contribution is -2.43. The van der Waals surface area contributed by atoms with Gasteiger partial charge in [-0.25, -0.2) is 0 Å². The number of ether oxygens (including phenoxy) is 2. The Morgan fingerprint density at radius 3 is 2.50 bits per heavy atom. The van der Waals surface area contributed by atoms with E-state index in [1.165, 1.54) is 6.42 Å². The summed E-state index contributed by atoms with van der Waals surface area (Å²) in [6.45, 7) is 0. The summed E-state index contributed by atoms with van der Waals surface area (Å²) in [4.78, 5) is 12.5. The fourth-order valence-electron chi connectivity index (χ4n) is 2.88. The van der Waals surface area contributed by atoms with Crippen LogP contribution in [0.15, 0.2) is 18.2 Å². The van der Waals surface area contributed by atoms with Crippen LogP contribution in [0.5, 0.6) is 11.5 Å². The van der Waals surface area contributed by atoms with Crippen molar-refractivity contribution in [3.63, 3.8) is 0 Å². The Morgan fingerprint density at radius 1 is 1.20 bits per heavy atom. The Bertz CT molecular complexity index is 479. The summed E-state index contributed by atoms with van der Waals surface area (Å²) in [7, 11) is 3.15. The molecule has 2 N–H and O–H groups in total. The highest BCUT2D eigenvalue weighted by atomic mass is 16.5. The average Bonchev–Trinajstić information content (AvgIpc) is 2.46. The van der Waals surface area contributed by atoms with Gasteiger partial charge in [-0.2, -0.15) is 0 Å². The Kier molecular flexibility index (Phi) is 4.65.